The molecule has 9 aromatic rings. The van der Waals surface area contributed by atoms with E-state index in [1.807, 2.05) is 0 Å². The highest BCUT2D eigenvalue weighted by Gasteiger charge is 2.41. The van der Waals surface area contributed by atoms with Crippen molar-refractivity contribution in [3.63, 3.8) is 0 Å². The van der Waals surface area contributed by atoms with Gasteiger partial charge in [0.15, 0.2) is 8.07 Å². The van der Waals surface area contributed by atoms with Gasteiger partial charge < -0.3 is 4.90 Å². The molecule has 0 N–H and O–H groups in total. The van der Waals surface area contributed by atoms with Gasteiger partial charge in [0.25, 0.3) is 0 Å². The van der Waals surface area contributed by atoms with Gasteiger partial charge in [-0.3, -0.25) is 0 Å². The Labute approximate surface area is 306 Å². The molecule has 0 saturated carbocycles. The second kappa shape index (κ2) is 13.7. The Kier molecular flexibility index (Phi) is 8.28. The molecule has 0 aliphatic carbocycles. The van der Waals surface area contributed by atoms with Crippen molar-refractivity contribution < 1.29 is 0 Å². The highest BCUT2D eigenvalue weighted by atomic mass is 28.3. The summed E-state index contributed by atoms with van der Waals surface area (Å²) in [4.78, 5) is 2.44. The van der Waals surface area contributed by atoms with E-state index in [-0.39, 0.29) is 0 Å². The van der Waals surface area contributed by atoms with E-state index in [0.717, 1.165) is 17.1 Å². The van der Waals surface area contributed by atoms with Crippen molar-refractivity contribution in [1.82, 2.24) is 0 Å². The van der Waals surface area contributed by atoms with Crippen LogP contribution in [0, 0.1) is 0 Å². The predicted molar refractivity (Wildman–Crippen MR) is 225 cm³/mol. The SMILES string of the molecule is c1ccc(-c2ccc([Si](c3ccccc3)(c3ccccc3)c3ccc(N(c4cccc5ccccc45)c4cccc5ccccc45)cc3)cc2)cc1. The number of hydrogen-bond donors (Lipinski definition) is 0. The second-order valence-electron chi connectivity index (χ2n) is 13.3. The minimum atomic E-state index is -2.75. The second-order valence-corrected chi connectivity index (χ2v) is 17.1. The molecule has 9 rings (SSSR count). The van der Waals surface area contributed by atoms with Gasteiger partial charge >= 0.3 is 0 Å². The van der Waals surface area contributed by atoms with Crippen molar-refractivity contribution in [3.05, 3.63) is 224 Å². The van der Waals surface area contributed by atoms with Crippen LogP contribution in [0.3, 0.4) is 0 Å². The van der Waals surface area contributed by atoms with Gasteiger partial charge in [0.05, 0.1) is 11.4 Å². The van der Waals surface area contributed by atoms with E-state index in [0.29, 0.717) is 0 Å². The Morgan fingerprint density at radius 2 is 0.635 bits per heavy atom. The van der Waals surface area contributed by atoms with E-state index in [9.17, 15) is 0 Å². The minimum absolute atomic E-state index is 1.12. The highest BCUT2D eigenvalue weighted by molar-refractivity contribution is 7.19. The van der Waals surface area contributed by atoms with Crippen LogP contribution in [-0.4, -0.2) is 8.07 Å². The van der Waals surface area contributed by atoms with E-state index in [1.54, 1.807) is 0 Å². The van der Waals surface area contributed by atoms with Crippen LogP contribution in [0.4, 0.5) is 17.1 Å². The van der Waals surface area contributed by atoms with Gasteiger partial charge in [-0.2, -0.15) is 0 Å². The van der Waals surface area contributed by atoms with E-state index in [2.05, 4.69) is 229 Å². The Balaban J connectivity index is 1.27. The summed E-state index contributed by atoms with van der Waals surface area (Å²) < 4.78 is 0. The number of anilines is 3. The van der Waals surface area contributed by atoms with E-state index >= 15 is 0 Å². The maximum absolute atomic E-state index is 2.75. The van der Waals surface area contributed by atoms with Crippen molar-refractivity contribution in [1.29, 1.82) is 0 Å². The van der Waals surface area contributed by atoms with Gasteiger partial charge in [-0.15, -0.1) is 0 Å². The molecule has 0 aromatic heterocycles. The van der Waals surface area contributed by atoms with Gasteiger partial charge in [0.2, 0.25) is 0 Å². The zero-order chi connectivity index (χ0) is 34.7. The highest BCUT2D eigenvalue weighted by Crippen LogP contribution is 2.41. The molecule has 246 valence electrons. The third-order valence-electron chi connectivity index (χ3n) is 10.4. The van der Waals surface area contributed by atoms with Crippen molar-refractivity contribution in [3.8, 4) is 11.1 Å². The van der Waals surface area contributed by atoms with Crippen LogP contribution in [0.15, 0.2) is 224 Å². The Morgan fingerprint density at radius 1 is 0.269 bits per heavy atom. The van der Waals surface area contributed by atoms with Crippen molar-refractivity contribution in [2.75, 3.05) is 4.90 Å². The van der Waals surface area contributed by atoms with Crippen LogP contribution >= 0.6 is 0 Å². The lowest BCUT2D eigenvalue weighted by Crippen LogP contribution is -2.74. The Morgan fingerprint density at radius 3 is 1.13 bits per heavy atom. The molecule has 0 fully saturated rings. The van der Waals surface area contributed by atoms with Crippen LogP contribution in [0.1, 0.15) is 0 Å². The number of rotatable bonds is 8. The fourth-order valence-corrected chi connectivity index (χ4v) is 12.7. The summed E-state index contributed by atoms with van der Waals surface area (Å²) in [6, 6.07) is 82.5. The third-order valence-corrected chi connectivity index (χ3v) is 15.2. The maximum Gasteiger partial charge on any atom is 0.179 e. The van der Waals surface area contributed by atoms with Gasteiger partial charge in [-0.25, -0.2) is 0 Å². The molecule has 1 nitrogen and oxygen atoms in total. The van der Waals surface area contributed by atoms with Crippen LogP contribution in [0.5, 0.6) is 0 Å². The fourth-order valence-electron chi connectivity index (χ4n) is 7.99. The minimum Gasteiger partial charge on any atom is -0.309 e. The van der Waals surface area contributed by atoms with Crippen LogP contribution in [-0.2, 0) is 0 Å². The van der Waals surface area contributed by atoms with Gasteiger partial charge in [0.1, 0.15) is 0 Å². The summed E-state index contributed by atoms with van der Waals surface area (Å²) in [5, 5.41) is 10.3. The first-order valence-corrected chi connectivity index (χ1v) is 19.9. The number of fused-ring (bicyclic) bond motifs is 2. The molecule has 0 bridgehead atoms. The number of benzene rings is 9. The molecule has 0 spiro atoms. The molecular formula is C50H37NSi. The first-order valence-electron chi connectivity index (χ1n) is 17.9. The molecule has 0 aliphatic rings. The van der Waals surface area contributed by atoms with Crippen molar-refractivity contribution >= 4 is 67.4 Å². The molecule has 0 unspecified atom stereocenters. The summed E-state index contributed by atoms with van der Waals surface area (Å²) in [6.45, 7) is 0. The lowest BCUT2D eigenvalue weighted by molar-refractivity contribution is 1.31. The Bertz CT molecular complexity index is 2470. The molecule has 0 atom stereocenters. The zero-order valence-electron chi connectivity index (χ0n) is 28.8. The Hall–Kier alpha value is -6.48. The van der Waals surface area contributed by atoms with Gasteiger partial charge in [-0.1, -0.05) is 200 Å². The molecule has 0 heterocycles. The van der Waals surface area contributed by atoms with Gasteiger partial charge in [-0.05, 0) is 66.9 Å². The van der Waals surface area contributed by atoms with E-state index < -0.39 is 8.07 Å². The average Bonchev–Trinajstić information content (AvgIpc) is 3.23. The van der Waals surface area contributed by atoms with E-state index in [1.165, 1.54) is 53.4 Å². The normalized spacial score (nSPS) is 11.5. The van der Waals surface area contributed by atoms with Crippen molar-refractivity contribution in [2.24, 2.45) is 0 Å². The third kappa shape index (κ3) is 5.51. The monoisotopic (exact) mass is 679 g/mol. The topological polar surface area (TPSA) is 3.24 Å². The summed E-state index contributed by atoms with van der Waals surface area (Å²) >= 11 is 0. The van der Waals surface area contributed by atoms with Crippen LogP contribution in [0.2, 0.25) is 0 Å². The molecule has 52 heavy (non-hydrogen) atoms. The molecule has 0 amide bonds. The van der Waals surface area contributed by atoms with Gasteiger partial charge in [0, 0.05) is 16.5 Å². The lowest BCUT2D eigenvalue weighted by Gasteiger charge is -2.35. The molecule has 9 aromatic carbocycles. The summed E-state index contributed by atoms with van der Waals surface area (Å²) in [5.41, 5.74) is 5.90. The summed E-state index contributed by atoms with van der Waals surface area (Å²) in [5.74, 6) is 0. The molecular weight excluding hydrogens is 643 g/mol. The van der Waals surface area contributed by atoms with Crippen LogP contribution in [0.25, 0.3) is 32.7 Å². The number of hydrogen-bond acceptors (Lipinski definition) is 1. The average molecular weight is 680 g/mol. The van der Waals surface area contributed by atoms with E-state index in [4.69, 9.17) is 0 Å². The quantitative estimate of drug-likeness (QED) is 0.114. The van der Waals surface area contributed by atoms with Crippen molar-refractivity contribution in [2.45, 2.75) is 0 Å². The summed E-state index contributed by atoms with van der Waals surface area (Å²) in [6.07, 6.45) is 0. The molecule has 0 saturated heterocycles. The lowest BCUT2D eigenvalue weighted by atomic mass is 10.0. The molecule has 2 heteroatoms. The first-order chi connectivity index (χ1) is 25.8. The molecule has 0 radical (unpaired) electrons. The summed E-state index contributed by atoms with van der Waals surface area (Å²) in [7, 11) is -2.75. The molecule has 0 aliphatic heterocycles. The standard InChI is InChI=1S/C50H37NSi/c1-4-16-38(17-5-1)39-30-34-45(35-31-39)52(43-22-6-2-7-23-43,44-24-8-3-9-25-44)46-36-32-42(33-37-46)51(49-28-14-20-40-18-10-12-26-47(40)49)50-29-15-21-41-19-11-13-27-48(41)50/h1-37H. The predicted octanol–water partition coefficient (Wildman–Crippen LogP) is 10.5. The smallest absolute Gasteiger partial charge is 0.179 e. The largest absolute Gasteiger partial charge is 0.309 e. The fraction of sp³-hybridized carbons (Fsp3) is 0. The van der Waals surface area contributed by atoms with Crippen LogP contribution < -0.4 is 25.6 Å². The maximum atomic E-state index is 2.44. The number of nitrogens with zero attached hydrogens (tertiary/aromatic N) is 1. The first kappa shape index (κ1) is 31.5. The zero-order valence-corrected chi connectivity index (χ0v) is 29.8.